The topological polar surface area (TPSA) is 12.5 Å². The quantitative estimate of drug-likeness (QED) is 0.609. The minimum atomic E-state index is -0.103. The molecule has 3 aliphatic rings. The van der Waals surface area contributed by atoms with Crippen molar-refractivity contribution in [3.05, 3.63) is 24.0 Å². The molecule has 1 saturated heterocycles. The fourth-order valence-corrected chi connectivity index (χ4v) is 5.20. The Bertz CT molecular complexity index is 594. The second kappa shape index (κ2) is 7.78. The van der Waals surface area contributed by atoms with Crippen LogP contribution in [0.3, 0.4) is 0 Å². The predicted octanol–water partition coefficient (Wildman–Crippen LogP) is 6.33. The summed E-state index contributed by atoms with van der Waals surface area (Å²) in [5, 5.41) is 0. The Morgan fingerprint density at radius 2 is 1.81 bits per heavy atom. The molecule has 0 atom stereocenters. The minimum Gasteiger partial charge on any atom is -0.490 e. The molecule has 2 aliphatic carbocycles. The maximum atomic E-state index is 14.5. The zero-order valence-corrected chi connectivity index (χ0v) is 16.3. The van der Waals surface area contributed by atoms with E-state index in [1.165, 1.54) is 57.8 Å². The van der Waals surface area contributed by atoms with Gasteiger partial charge in [0, 0.05) is 19.2 Å². The molecule has 0 unspecified atom stereocenters. The lowest BCUT2D eigenvalue weighted by Crippen LogP contribution is -2.42. The maximum Gasteiger partial charge on any atom is 0.146 e. The van der Waals surface area contributed by atoms with Crippen LogP contribution in [0.2, 0.25) is 0 Å². The molecular weight excluding hydrogens is 325 g/mol. The lowest BCUT2D eigenvalue weighted by atomic mass is 9.65. The van der Waals surface area contributed by atoms with Crippen molar-refractivity contribution < 1.29 is 9.13 Å². The van der Waals surface area contributed by atoms with Crippen LogP contribution in [0.5, 0.6) is 5.75 Å². The molecule has 1 aliphatic heterocycles. The van der Waals surface area contributed by atoms with E-state index in [0.717, 1.165) is 43.3 Å². The average molecular weight is 360 g/mol. The van der Waals surface area contributed by atoms with Crippen molar-refractivity contribution in [3.63, 3.8) is 0 Å². The first-order valence-electron chi connectivity index (χ1n) is 10.9. The standard InChI is InChI=1S/C23H34FNO/c1-2-4-18-9-11-23(12-10-18)13-15-25(16-14-23)22-17-20(7-8-21(22)24)26-19-5-3-6-19/h7-8,17-19H,2-6,9-16H2,1H3. The highest BCUT2D eigenvalue weighted by molar-refractivity contribution is 5.52. The second-order valence-corrected chi connectivity index (χ2v) is 9.00. The first kappa shape index (κ1) is 18.1. The van der Waals surface area contributed by atoms with E-state index >= 15 is 0 Å². The van der Waals surface area contributed by atoms with Gasteiger partial charge in [0.2, 0.25) is 0 Å². The summed E-state index contributed by atoms with van der Waals surface area (Å²) in [6, 6.07) is 5.31. The first-order chi connectivity index (χ1) is 12.7. The van der Waals surface area contributed by atoms with E-state index in [-0.39, 0.29) is 5.82 Å². The number of nitrogens with zero attached hydrogens (tertiary/aromatic N) is 1. The number of hydrogen-bond acceptors (Lipinski definition) is 2. The summed E-state index contributed by atoms with van der Waals surface area (Å²) in [6.45, 7) is 4.28. The van der Waals surface area contributed by atoms with E-state index in [2.05, 4.69) is 11.8 Å². The Kier molecular flexibility index (Phi) is 5.42. The van der Waals surface area contributed by atoms with E-state index in [0.29, 0.717) is 11.5 Å². The molecule has 2 nitrogen and oxygen atoms in total. The molecule has 1 aromatic rings. The van der Waals surface area contributed by atoms with Crippen molar-refractivity contribution in [2.24, 2.45) is 11.3 Å². The molecule has 1 heterocycles. The highest BCUT2D eigenvalue weighted by atomic mass is 19.1. The normalized spacial score (nSPS) is 23.8. The van der Waals surface area contributed by atoms with Crippen molar-refractivity contribution in [1.29, 1.82) is 0 Å². The van der Waals surface area contributed by atoms with Crippen LogP contribution >= 0.6 is 0 Å². The van der Waals surface area contributed by atoms with Gasteiger partial charge in [-0.05, 0) is 81.3 Å². The predicted molar refractivity (Wildman–Crippen MR) is 105 cm³/mol. The second-order valence-electron chi connectivity index (χ2n) is 9.00. The number of halogens is 1. The van der Waals surface area contributed by atoms with E-state index in [1.807, 2.05) is 6.07 Å². The zero-order valence-electron chi connectivity index (χ0n) is 16.3. The minimum absolute atomic E-state index is 0.103. The lowest BCUT2D eigenvalue weighted by Gasteiger charge is -2.46. The Balaban J connectivity index is 1.36. The van der Waals surface area contributed by atoms with Gasteiger partial charge in [-0.15, -0.1) is 0 Å². The third kappa shape index (κ3) is 3.87. The van der Waals surface area contributed by atoms with E-state index in [4.69, 9.17) is 4.74 Å². The van der Waals surface area contributed by atoms with Crippen molar-refractivity contribution in [2.45, 2.75) is 83.7 Å². The van der Waals surface area contributed by atoms with Gasteiger partial charge in [0.15, 0.2) is 0 Å². The highest BCUT2D eigenvalue weighted by Crippen LogP contribution is 2.48. The first-order valence-corrected chi connectivity index (χ1v) is 10.9. The van der Waals surface area contributed by atoms with E-state index in [9.17, 15) is 4.39 Å². The molecule has 144 valence electrons. The molecule has 0 bridgehead atoms. The summed E-state index contributed by atoms with van der Waals surface area (Å²) < 4.78 is 20.4. The molecule has 26 heavy (non-hydrogen) atoms. The molecule has 4 rings (SSSR count). The summed E-state index contributed by atoms with van der Waals surface area (Å²) in [6.07, 6.45) is 14.6. The summed E-state index contributed by atoms with van der Waals surface area (Å²) in [5.41, 5.74) is 1.29. The molecule has 3 heteroatoms. The van der Waals surface area contributed by atoms with Crippen LogP contribution < -0.4 is 9.64 Å². The van der Waals surface area contributed by atoms with Crippen LogP contribution in [0.25, 0.3) is 0 Å². The third-order valence-corrected chi connectivity index (χ3v) is 7.30. The van der Waals surface area contributed by atoms with Gasteiger partial charge in [0.05, 0.1) is 11.8 Å². The van der Waals surface area contributed by atoms with Gasteiger partial charge in [0.25, 0.3) is 0 Å². The summed E-state index contributed by atoms with van der Waals surface area (Å²) in [7, 11) is 0. The Morgan fingerprint density at radius 3 is 2.42 bits per heavy atom. The van der Waals surface area contributed by atoms with Crippen molar-refractivity contribution in [2.75, 3.05) is 18.0 Å². The molecular formula is C23H34FNO. The van der Waals surface area contributed by atoms with Crippen molar-refractivity contribution >= 4 is 5.69 Å². The van der Waals surface area contributed by atoms with Crippen LogP contribution in [0.15, 0.2) is 18.2 Å². The number of rotatable bonds is 5. The molecule has 3 fully saturated rings. The number of piperidine rings is 1. The molecule has 1 aromatic carbocycles. The van der Waals surface area contributed by atoms with Crippen LogP contribution in [-0.2, 0) is 0 Å². The average Bonchev–Trinajstić information content (AvgIpc) is 2.63. The smallest absolute Gasteiger partial charge is 0.146 e. The fraction of sp³-hybridized carbons (Fsp3) is 0.739. The maximum absolute atomic E-state index is 14.5. The molecule has 0 amide bonds. The molecule has 0 N–H and O–H groups in total. The van der Waals surface area contributed by atoms with Gasteiger partial charge in [0.1, 0.15) is 11.6 Å². The third-order valence-electron chi connectivity index (χ3n) is 7.30. The fourth-order valence-electron chi connectivity index (χ4n) is 5.20. The van der Waals surface area contributed by atoms with Crippen LogP contribution in [-0.4, -0.2) is 19.2 Å². The number of ether oxygens (including phenoxy) is 1. The molecule has 0 radical (unpaired) electrons. The molecule has 2 saturated carbocycles. The van der Waals surface area contributed by atoms with Crippen LogP contribution in [0.1, 0.15) is 77.6 Å². The summed E-state index contributed by atoms with van der Waals surface area (Å²) in [5.74, 6) is 1.70. The Hall–Kier alpha value is -1.25. The van der Waals surface area contributed by atoms with E-state index in [1.54, 1.807) is 12.1 Å². The lowest BCUT2D eigenvalue weighted by molar-refractivity contribution is 0.110. The van der Waals surface area contributed by atoms with Crippen molar-refractivity contribution in [1.82, 2.24) is 0 Å². The number of benzene rings is 1. The van der Waals surface area contributed by atoms with Crippen molar-refractivity contribution in [3.8, 4) is 5.75 Å². The monoisotopic (exact) mass is 359 g/mol. The Labute approximate surface area is 158 Å². The highest BCUT2D eigenvalue weighted by Gasteiger charge is 2.38. The van der Waals surface area contributed by atoms with Crippen LogP contribution in [0, 0.1) is 17.2 Å². The molecule has 0 aromatic heterocycles. The van der Waals surface area contributed by atoms with Gasteiger partial charge in [-0.1, -0.05) is 19.8 Å². The summed E-state index contributed by atoms with van der Waals surface area (Å²) >= 11 is 0. The molecule has 1 spiro atoms. The van der Waals surface area contributed by atoms with Crippen LogP contribution in [0.4, 0.5) is 10.1 Å². The van der Waals surface area contributed by atoms with E-state index < -0.39 is 0 Å². The van der Waals surface area contributed by atoms with Gasteiger partial charge in [-0.2, -0.15) is 0 Å². The van der Waals surface area contributed by atoms with Gasteiger partial charge in [-0.25, -0.2) is 4.39 Å². The number of hydrogen-bond donors (Lipinski definition) is 0. The van der Waals surface area contributed by atoms with Gasteiger partial charge >= 0.3 is 0 Å². The van der Waals surface area contributed by atoms with Gasteiger partial charge < -0.3 is 9.64 Å². The summed E-state index contributed by atoms with van der Waals surface area (Å²) in [4.78, 5) is 2.26. The largest absolute Gasteiger partial charge is 0.490 e. The zero-order chi connectivity index (χ0) is 18.0. The SMILES string of the molecule is CCCC1CCC2(CC1)CCN(c1cc(OC3CCC3)ccc1F)CC2. The van der Waals surface area contributed by atoms with Gasteiger partial charge in [-0.3, -0.25) is 0 Å². The Morgan fingerprint density at radius 1 is 1.08 bits per heavy atom. The number of anilines is 1.